The Hall–Kier alpha value is -1.10. The van der Waals surface area contributed by atoms with Gasteiger partial charge in [0.25, 0.3) is 5.95 Å². The lowest BCUT2D eigenvalue weighted by atomic mass is 10.1. The summed E-state index contributed by atoms with van der Waals surface area (Å²) in [6.45, 7) is 4.22. The lowest BCUT2D eigenvalue weighted by Crippen LogP contribution is -2.25. The van der Waals surface area contributed by atoms with Gasteiger partial charge in [-0.05, 0) is 24.4 Å². The molecule has 0 aromatic carbocycles. The highest BCUT2D eigenvalue weighted by molar-refractivity contribution is 5.27. The zero-order valence-electron chi connectivity index (χ0n) is 11.3. The molecule has 1 aromatic heterocycles. The highest BCUT2D eigenvalue weighted by Crippen LogP contribution is 2.16. The van der Waals surface area contributed by atoms with Crippen molar-refractivity contribution in [1.29, 1.82) is 0 Å². The van der Waals surface area contributed by atoms with Gasteiger partial charge in [-0.1, -0.05) is 26.2 Å². The normalized spacial score (nSPS) is 18.7. The van der Waals surface area contributed by atoms with Crippen molar-refractivity contribution in [1.82, 2.24) is 10.1 Å². The Morgan fingerprint density at radius 3 is 2.67 bits per heavy atom. The number of nitrogens with two attached hydrogens (primary N) is 1. The van der Waals surface area contributed by atoms with Gasteiger partial charge in [0.05, 0.1) is 0 Å². The third-order valence-corrected chi connectivity index (χ3v) is 3.44. The molecule has 1 aliphatic heterocycles. The van der Waals surface area contributed by atoms with Crippen LogP contribution >= 0.6 is 0 Å². The summed E-state index contributed by atoms with van der Waals surface area (Å²) >= 11 is 0. The minimum atomic E-state index is 0.132. The Balaban J connectivity index is 1.92. The van der Waals surface area contributed by atoms with Gasteiger partial charge in [-0.15, -0.1) is 0 Å². The smallest absolute Gasteiger partial charge is 0.266 e. The summed E-state index contributed by atoms with van der Waals surface area (Å²) < 4.78 is 5.29. The third kappa shape index (κ3) is 3.70. The Bertz CT molecular complexity index is 345. The molecule has 2 rings (SSSR count). The number of hydrogen-bond acceptors (Lipinski definition) is 5. The van der Waals surface area contributed by atoms with Crippen LogP contribution in [0.5, 0.6) is 0 Å². The molecule has 1 fully saturated rings. The second kappa shape index (κ2) is 6.73. The molecule has 1 atom stereocenters. The molecule has 1 unspecified atom stereocenters. The Kier molecular flexibility index (Phi) is 4.99. The van der Waals surface area contributed by atoms with E-state index in [0.29, 0.717) is 12.3 Å². The van der Waals surface area contributed by atoms with Crippen LogP contribution in [-0.4, -0.2) is 29.3 Å². The van der Waals surface area contributed by atoms with Crippen molar-refractivity contribution in [2.45, 2.75) is 57.9 Å². The highest BCUT2D eigenvalue weighted by Gasteiger charge is 2.17. The third-order valence-electron chi connectivity index (χ3n) is 3.44. The van der Waals surface area contributed by atoms with E-state index in [4.69, 9.17) is 10.3 Å². The van der Waals surface area contributed by atoms with Gasteiger partial charge in [0, 0.05) is 25.6 Å². The second-order valence-electron chi connectivity index (χ2n) is 5.14. The summed E-state index contributed by atoms with van der Waals surface area (Å²) in [5, 5.41) is 4.08. The molecule has 0 amide bonds. The van der Waals surface area contributed by atoms with Crippen molar-refractivity contribution in [2.24, 2.45) is 5.73 Å². The maximum Gasteiger partial charge on any atom is 0.266 e. The average Bonchev–Trinajstić information content (AvgIpc) is 2.64. The molecule has 1 aliphatic rings. The molecule has 5 heteroatoms. The maximum atomic E-state index is 5.99. The van der Waals surface area contributed by atoms with Crippen molar-refractivity contribution in [3.63, 3.8) is 0 Å². The molecule has 2 heterocycles. The van der Waals surface area contributed by atoms with E-state index in [1.807, 2.05) is 0 Å². The summed E-state index contributed by atoms with van der Waals surface area (Å²) in [7, 11) is 0. The van der Waals surface area contributed by atoms with Crippen LogP contribution in [0.3, 0.4) is 0 Å². The summed E-state index contributed by atoms with van der Waals surface area (Å²) in [4.78, 5) is 6.69. The summed E-state index contributed by atoms with van der Waals surface area (Å²) in [5.74, 6) is 1.42. The van der Waals surface area contributed by atoms with Gasteiger partial charge in [-0.2, -0.15) is 4.98 Å². The van der Waals surface area contributed by atoms with Crippen LogP contribution in [0.2, 0.25) is 0 Å². The number of nitrogens with zero attached hydrogens (tertiary/aromatic N) is 3. The molecule has 0 bridgehead atoms. The summed E-state index contributed by atoms with van der Waals surface area (Å²) in [6.07, 6.45) is 7.84. The van der Waals surface area contributed by atoms with E-state index >= 15 is 0 Å². The first-order valence-corrected chi connectivity index (χ1v) is 7.12. The van der Waals surface area contributed by atoms with Crippen LogP contribution in [-0.2, 0) is 6.42 Å². The minimum Gasteiger partial charge on any atom is -0.338 e. The van der Waals surface area contributed by atoms with E-state index < -0.39 is 0 Å². The molecule has 1 aromatic rings. The Labute approximate surface area is 109 Å². The summed E-state index contributed by atoms with van der Waals surface area (Å²) in [6, 6.07) is 0.132. The van der Waals surface area contributed by atoms with Crippen molar-refractivity contribution in [2.75, 3.05) is 18.0 Å². The van der Waals surface area contributed by atoms with Crippen LogP contribution in [0.15, 0.2) is 4.52 Å². The monoisotopic (exact) mass is 252 g/mol. The molecule has 0 spiro atoms. The maximum absolute atomic E-state index is 5.99. The molecular formula is C13H24N4O. The van der Waals surface area contributed by atoms with Gasteiger partial charge in [-0.3, -0.25) is 0 Å². The van der Waals surface area contributed by atoms with E-state index in [0.717, 1.165) is 31.9 Å². The van der Waals surface area contributed by atoms with Crippen molar-refractivity contribution < 1.29 is 4.52 Å². The molecule has 5 nitrogen and oxygen atoms in total. The van der Waals surface area contributed by atoms with Gasteiger partial charge in [0.1, 0.15) is 0 Å². The first kappa shape index (κ1) is 13.3. The molecule has 102 valence electrons. The van der Waals surface area contributed by atoms with Crippen LogP contribution in [0, 0.1) is 0 Å². The van der Waals surface area contributed by atoms with Gasteiger partial charge in [0.2, 0.25) is 5.89 Å². The number of anilines is 1. The largest absolute Gasteiger partial charge is 0.338 e. The van der Waals surface area contributed by atoms with Crippen molar-refractivity contribution in [3.05, 3.63) is 5.89 Å². The predicted octanol–water partition coefficient (Wildman–Crippen LogP) is 2.12. The van der Waals surface area contributed by atoms with Gasteiger partial charge < -0.3 is 15.2 Å². The zero-order valence-corrected chi connectivity index (χ0v) is 11.3. The molecule has 0 radical (unpaired) electrons. The van der Waals surface area contributed by atoms with E-state index in [9.17, 15) is 0 Å². The highest BCUT2D eigenvalue weighted by atomic mass is 16.5. The van der Waals surface area contributed by atoms with Crippen LogP contribution < -0.4 is 10.6 Å². The van der Waals surface area contributed by atoms with Crippen molar-refractivity contribution >= 4 is 5.95 Å². The van der Waals surface area contributed by atoms with E-state index in [1.165, 1.54) is 25.7 Å². The first-order chi connectivity index (χ1) is 8.79. The molecule has 18 heavy (non-hydrogen) atoms. The molecule has 0 saturated carbocycles. The quantitative estimate of drug-likeness (QED) is 0.869. The van der Waals surface area contributed by atoms with Crippen LogP contribution in [0.25, 0.3) is 0 Å². The number of aromatic nitrogens is 2. The lowest BCUT2D eigenvalue weighted by molar-refractivity contribution is 0.364. The van der Waals surface area contributed by atoms with Gasteiger partial charge in [-0.25, -0.2) is 0 Å². The predicted molar refractivity (Wildman–Crippen MR) is 71.6 cm³/mol. The van der Waals surface area contributed by atoms with Crippen molar-refractivity contribution in [3.8, 4) is 0 Å². The molecule has 2 N–H and O–H groups in total. The summed E-state index contributed by atoms with van der Waals surface area (Å²) in [5.41, 5.74) is 5.99. The second-order valence-corrected chi connectivity index (χ2v) is 5.14. The van der Waals surface area contributed by atoms with E-state index in [-0.39, 0.29) is 6.04 Å². The minimum absolute atomic E-state index is 0.132. The fourth-order valence-electron chi connectivity index (χ4n) is 2.43. The van der Waals surface area contributed by atoms with Crippen LogP contribution in [0.4, 0.5) is 5.95 Å². The zero-order chi connectivity index (χ0) is 12.8. The molecule has 0 aliphatic carbocycles. The number of hydrogen-bond donors (Lipinski definition) is 1. The lowest BCUT2D eigenvalue weighted by Gasteiger charge is -2.16. The molecular weight excluding hydrogens is 228 g/mol. The number of rotatable bonds is 5. The van der Waals surface area contributed by atoms with Crippen LogP contribution in [0.1, 0.15) is 51.3 Å². The average molecular weight is 252 g/mol. The van der Waals surface area contributed by atoms with Gasteiger partial charge in [0.15, 0.2) is 0 Å². The standard InChI is InChI=1S/C13H24N4O/c1-2-7-11(14)10-12-15-13(16-18-12)17-8-5-3-4-6-9-17/h11H,2-10,14H2,1H3. The first-order valence-electron chi connectivity index (χ1n) is 7.12. The van der Waals surface area contributed by atoms with Gasteiger partial charge >= 0.3 is 0 Å². The SMILES string of the molecule is CCCC(N)Cc1nc(N2CCCCCC2)no1. The fraction of sp³-hybridized carbons (Fsp3) is 0.846. The topological polar surface area (TPSA) is 68.2 Å². The molecule has 1 saturated heterocycles. The van der Waals surface area contributed by atoms with E-state index in [1.54, 1.807) is 0 Å². The fourth-order valence-corrected chi connectivity index (χ4v) is 2.43. The Morgan fingerprint density at radius 1 is 1.28 bits per heavy atom. The Morgan fingerprint density at radius 2 is 2.00 bits per heavy atom. The van der Waals surface area contributed by atoms with E-state index in [2.05, 4.69) is 22.0 Å².